The standard InChI is InChI=1S/C19H17NO/c1-14-13-16(17-9-5-6-10-18(17)20-14)11-12-19(21)15-7-3-2-4-8-15/h2-10,13H,11-12H2,1H3. The Balaban J connectivity index is 1.84. The van der Waals surface area contributed by atoms with E-state index in [0.717, 1.165) is 28.6 Å². The monoisotopic (exact) mass is 275 g/mol. The molecule has 3 aromatic rings. The lowest BCUT2D eigenvalue weighted by atomic mass is 9.99. The molecular formula is C19H17NO. The molecule has 0 atom stereocenters. The minimum Gasteiger partial charge on any atom is -0.294 e. The molecule has 2 aromatic carbocycles. The number of aryl methyl sites for hydroxylation is 2. The molecule has 0 saturated heterocycles. The van der Waals surface area contributed by atoms with Crippen molar-refractivity contribution >= 4 is 16.7 Å². The van der Waals surface area contributed by atoms with E-state index in [1.807, 2.05) is 55.5 Å². The second-order valence-electron chi connectivity index (χ2n) is 5.23. The summed E-state index contributed by atoms with van der Waals surface area (Å²) in [6, 6.07) is 19.7. The van der Waals surface area contributed by atoms with Crippen LogP contribution in [-0.2, 0) is 6.42 Å². The van der Waals surface area contributed by atoms with Crippen LogP contribution in [0.5, 0.6) is 0 Å². The lowest BCUT2D eigenvalue weighted by Gasteiger charge is -2.07. The van der Waals surface area contributed by atoms with Crippen LogP contribution in [-0.4, -0.2) is 10.8 Å². The number of nitrogens with zero attached hydrogens (tertiary/aromatic N) is 1. The average Bonchev–Trinajstić information content (AvgIpc) is 2.53. The van der Waals surface area contributed by atoms with Crippen molar-refractivity contribution in [2.45, 2.75) is 19.8 Å². The van der Waals surface area contributed by atoms with Crippen LogP contribution in [0.1, 0.15) is 28.0 Å². The predicted molar refractivity (Wildman–Crippen MR) is 85.6 cm³/mol. The predicted octanol–water partition coefficient (Wildman–Crippen LogP) is 4.36. The van der Waals surface area contributed by atoms with Gasteiger partial charge >= 0.3 is 0 Å². The molecule has 0 aliphatic carbocycles. The minimum absolute atomic E-state index is 0.189. The Morgan fingerprint density at radius 1 is 1.00 bits per heavy atom. The summed E-state index contributed by atoms with van der Waals surface area (Å²) in [5, 5.41) is 1.14. The highest BCUT2D eigenvalue weighted by molar-refractivity contribution is 5.96. The Morgan fingerprint density at radius 3 is 2.52 bits per heavy atom. The summed E-state index contributed by atoms with van der Waals surface area (Å²) in [7, 11) is 0. The van der Waals surface area contributed by atoms with Crippen molar-refractivity contribution in [2.75, 3.05) is 0 Å². The fourth-order valence-corrected chi connectivity index (χ4v) is 2.62. The summed E-state index contributed by atoms with van der Waals surface area (Å²) < 4.78 is 0. The van der Waals surface area contributed by atoms with Gasteiger partial charge in [0.15, 0.2) is 5.78 Å². The SMILES string of the molecule is Cc1cc(CCC(=O)c2ccccc2)c2ccccc2n1. The number of aromatic nitrogens is 1. The average molecular weight is 275 g/mol. The first-order chi connectivity index (χ1) is 10.2. The van der Waals surface area contributed by atoms with Crippen molar-refractivity contribution in [3.8, 4) is 0 Å². The van der Waals surface area contributed by atoms with Crippen molar-refractivity contribution in [2.24, 2.45) is 0 Å². The number of pyridine rings is 1. The Kier molecular flexibility index (Phi) is 3.78. The highest BCUT2D eigenvalue weighted by Crippen LogP contribution is 2.20. The third kappa shape index (κ3) is 3.00. The summed E-state index contributed by atoms with van der Waals surface area (Å²) >= 11 is 0. The van der Waals surface area contributed by atoms with Gasteiger partial charge in [-0.2, -0.15) is 0 Å². The van der Waals surface area contributed by atoms with Crippen LogP contribution in [0.4, 0.5) is 0 Å². The van der Waals surface area contributed by atoms with Crippen molar-refractivity contribution in [3.05, 3.63) is 77.5 Å². The van der Waals surface area contributed by atoms with Gasteiger partial charge in [-0.1, -0.05) is 48.5 Å². The third-order valence-corrected chi connectivity index (χ3v) is 3.65. The number of hydrogen-bond acceptors (Lipinski definition) is 2. The second kappa shape index (κ2) is 5.88. The van der Waals surface area contributed by atoms with Crippen LogP contribution >= 0.6 is 0 Å². The molecule has 0 aliphatic rings. The van der Waals surface area contributed by atoms with Crippen LogP contribution < -0.4 is 0 Å². The molecule has 2 heteroatoms. The Labute approximate surface area is 124 Å². The molecule has 0 spiro atoms. The Hall–Kier alpha value is -2.48. The molecular weight excluding hydrogens is 258 g/mol. The maximum atomic E-state index is 12.2. The molecule has 0 aliphatic heterocycles. The minimum atomic E-state index is 0.189. The van der Waals surface area contributed by atoms with Crippen molar-refractivity contribution in [1.82, 2.24) is 4.98 Å². The lowest BCUT2D eigenvalue weighted by Crippen LogP contribution is -2.02. The third-order valence-electron chi connectivity index (χ3n) is 3.65. The number of carbonyl (C=O) groups is 1. The van der Waals surface area contributed by atoms with Crippen LogP contribution in [0.3, 0.4) is 0 Å². The van der Waals surface area contributed by atoms with E-state index in [2.05, 4.69) is 17.1 Å². The van der Waals surface area contributed by atoms with Crippen LogP contribution in [0.25, 0.3) is 10.9 Å². The molecule has 0 saturated carbocycles. The van der Waals surface area contributed by atoms with Gasteiger partial charge in [0, 0.05) is 23.1 Å². The second-order valence-corrected chi connectivity index (χ2v) is 5.23. The molecule has 1 aromatic heterocycles. The van der Waals surface area contributed by atoms with E-state index in [1.54, 1.807) is 0 Å². The molecule has 0 bridgehead atoms. The maximum absolute atomic E-state index is 12.2. The van der Waals surface area contributed by atoms with E-state index in [1.165, 1.54) is 5.56 Å². The van der Waals surface area contributed by atoms with Gasteiger partial charge in [0.05, 0.1) is 5.52 Å². The van der Waals surface area contributed by atoms with E-state index in [4.69, 9.17) is 0 Å². The van der Waals surface area contributed by atoms with Gasteiger partial charge in [-0.05, 0) is 31.0 Å². The van der Waals surface area contributed by atoms with Gasteiger partial charge in [0.2, 0.25) is 0 Å². The smallest absolute Gasteiger partial charge is 0.163 e. The van der Waals surface area contributed by atoms with Crippen molar-refractivity contribution in [1.29, 1.82) is 0 Å². The van der Waals surface area contributed by atoms with Gasteiger partial charge in [0.25, 0.3) is 0 Å². The van der Waals surface area contributed by atoms with Gasteiger partial charge in [-0.15, -0.1) is 0 Å². The molecule has 2 nitrogen and oxygen atoms in total. The van der Waals surface area contributed by atoms with E-state index >= 15 is 0 Å². The molecule has 3 rings (SSSR count). The Bertz CT molecular complexity index is 778. The summed E-state index contributed by atoms with van der Waals surface area (Å²) in [5.41, 5.74) is 3.98. The summed E-state index contributed by atoms with van der Waals surface area (Å²) in [6.45, 7) is 1.99. The van der Waals surface area contributed by atoms with Gasteiger partial charge in [-0.25, -0.2) is 0 Å². The first kappa shape index (κ1) is 13.5. The van der Waals surface area contributed by atoms with Gasteiger partial charge < -0.3 is 0 Å². The van der Waals surface area contributed by atoms with Crippen LogP contribution in [0.2, 0.25) is 0 Å². The van der Waals surface area contributed by atoms with Crippen molar-refractivity contribution in [3.63, 3.8) is 0 Å². The first-order valence-electron chi connectivity index (χ1n) is 7.17. The molecule has 104 valence electrons. The number of hydrogen-bond donors (Lipinski definition) is 0. The largest absolute Gasteiger partial charge is 0.294 e. The molecule has 1 heterocycles. The molecule has 0 radical (unpaired) electrons. The molecule has 0 unspecified atom stereocenters. The first-order valence-corrected chi connectivity index (χ1v) is 7.17. The normalized spacial score (nSPS) is 10.7. The molecule has 0 fully saturated rings. The number of ketones is 1. The zero-order valence-corrected chi connectivity index (χ0v) is 12.0. The summed E-state index contributed by atoms with van der Waals surface area (Å²) in [4.78, 5) is 16.8. The van der Waals surface area contributed by atoms with Crippen LogP contribution in [0, 0.1) is 6.92 Å². The van der Waals surface area contributed by atoms with E-state index in [0.29, 0.717) is 6.42 Å². The maximum Gasteiger partial charge on any atom is 0.163 e. The highest BCUT2D eigenvalue weighted by atomic mass is 16.1. The van der Waals surface area contributed by atoms with E-state index in [-0.39, 0.29) is 5.78 Å². The number of carbonyl (C=O) groups excluding carboxylic acids is 1. The topological polar surface area (TPSA) is 30.0 Å². The van der Waals surface area contributed by atoms with Crippen LogP contribution in [0.15, 0.2) is 60.7 Å². The number of rotatable bonds is 4. The van der Waals surface area contributed by atoms with Crippen molar-refractivity contribution < 1.29 is 4.79 Å². The fraction of sp³-hybridized carbons (Fsp3) is 0.158. The Morgan fingerprint density at radius 2 is 1.71 bits per heavy atom. The zero-order chi connectivity index (χ0) is 14.7. The quantitative estimate of drug-likeness (QED) is 0.662. The van der Waals surface area contributed by atoms with Gasteiger partial charge in [-0.3, -0.25) is 9.78 Å². The lowest BCUT2D eigenvalue weighted by molar-refractivity contribution is 0.0983. The summed E-state index contributed by atoms with van der Waals surface area (Å²) in [6.07, 6.45) is 1.27. The molecule has 21 heavy (non-hydrogen) atoms. The number of fused-ring (bicyclic) bond motifs is 1. The van der Waals surface area contributed by atoms with E-state index in [9.17, 15) is 4.79 Å². The number of benzene rings is 2. The molecule has 0 amide bonds. The number of Topliss-reactive ketones (excluding diaryl/α,β-unsaturated/α-hetero) is 1. The van der Waals surface area contributed by atoms with Gasteiger partial charge in [0.1, 0.15) is 0 Å². The summed E-state index contributed by atoms with van der Waals surface area (Å²) in [5.74, 6) is 0.189. The zero-order valence-electron chi connectivity index (χ0n) is 12.0. The molecule has 0 N–H and O–H groups in total. The highest BCUT2D eigenvalue weighted by Gasteiger charge is 2.08. The van der Waals surface area contributed by atoms with E-state index < -0.39 is 0 Å². The number of para-hydroxylation sites is 1. The fourth-order valence-electron chi connectivity index (χ4n) is 2.62.